The normalized spacial score (nSPS) is 3.00. The minimum absolute atomic E-state index is 0. The molecule has 16 heavy (non-hydrogen) atoms. The van der Waals surface area contributed by atoms with Crippen LogP contribution < -0.4 is 50.0 Å². The van der Waals surface area contributed by atoms with Gasteiger partial charge < -0.3 is 46.4 Å². The van der Waals surface area contributed by atoms with E-state index < -0.39 is 12.3 Å². The van der Waals surface area contributed by atoms with Gasteiger partial charge in [0.25, 0.3) is 0 Å². The molecule has 0 bridgehead atoms. The molecule has 0 saturated carbocycles. The summed E-state index contributed by atoms with van der Waals surface area (Å²) in [5.74, 6) is 0. The number of hydrogen-bond acceptors (Lipinski definition) is 7. The van der Waals surface area contributed by atoms with E-state index in [1.807, 2.05) is 0 Å². The van der Waals surface area contributed by atoms with Gasteiger partial charge in [0, 0.05) is 0 Å². The third-order valence-corrected chi connectivity index (χ3v) is 0. The molecule has 1 N–H and O–H groups in total. The van der Waals surface area contributed by atoms with Crippen molar-refractivity contribution in [2.24, 2.45) is 0 Å². The van der Waals surface area contributed by atoms with E-state index in [2.05, 4.69) is 0 Å². The number of carboxylic acid groups (broad SMARTS) is 4. The van der Waals surface area contributed by atoms with Crippen LogP contribution in [0.3, 0.4) is 0 Å². The molecule has 0 unspecified atom stereocenters. The largest absolute Gasteiger partial charge is 2.00 e. The first kappa shape index (κ1) is 72.8. The second-order valence-electron chi connectivity index (χ2n) is 0.500. The standard InChI is InChI=1S/2CH2O3.3Ca.Na.H2O.2O.Zn/c2*2-1(3)4;;;;;;;;/h2*(H2,2,3,4);;;;;1H2;;;/q;;3*+2;+1;;2*-2;+2/p-5. The maximum absolute atomic E-state index is 8.33. The average molecular weight is 378 g/mol. The van der Waals surface area contributed by atoms with E-state index in [9.17, 15) is 0 Å². The molecule has 0 fully saturated rings. The van der Waals surface area contributed by atoms with Crippen molar-refractivity contribution in [1.82, 2.24) is 0 Å². The van der Waals surface area contributed by atoms with Crippen molar-refractivity contribution in [2.75, 3.05) is 0 Å². The summed E-state index contributed by atoms with van der Waals surface area (Å²) in [6.45, 7) is 0. The zero-order valence-electron chi connectivity index (χ0n) is 8.54. The molecule has 0 heterocycles. The van der Waals surface area contributed by atoms with Gasteiger partial charge >= 0.3 is 162 Å². The van der Waals surface area contributed by atoms with Crippen LogP contribution in [0.25, 0.3) is 0 Å². The van der Waals surface area contributed by atoms with Gasteiger partial charge in [-0.05, 0) is 12.3 Å². The molecule has 0 aromatic rings. The zero-order valence-corrected chi connectivity index (χ0v) is 20.1. The Kier molecular flexibility index (Phi) is 282. The van der Waals surface area contributed by atoms with Crippen molar-refractivity contribution in [2.45, 2.75) is 0 Å². The van der Waals surface area contributed by atoms with E-state index in [1.54, 1.807) is 0 Å². The van der Waals surface area contributed by atoms with Crippen LogP contribution in [0, 0.1) is 0 Å². The smallest absolute Gasteiger partial charge is 2.00 e. The fraction of sp³-hybridized carbons (Fsp3) is 0. The molecule has 0 atom stereocenters. The summed E-state index contributed by atoms with van der Waals surface area (Å²) >= 11 is 0. The Morgan fingerprint density at radius 1 is 0.688 bits per heavy atom. The van der Waals surface area contributed by atoms with Crippen molar-refractivity contribution >= 4 is 126 Å². The Balaban J connectivity index is -0.00000000375. The molecule has 0 aromatic carbocycles. The third kappa shape index (κ3) is 345. The van der Waals surface area contributed by atoms with E-state index in [0.717, 1.165) is 0 Å². The SMILES string of the molecule is O=C([O-])[O-].O=C([O-])[O-].[Ca+2].[Ca+2].[Ca+2].[Na+].[O-2].[O-2].[OH-].[Zn+2]. The van der Waals surface area contributed by atoms with E-state index in [-0.39, 0.29) is 179 Å². The Morgan fingerprint density at radius 3 is 0.688 bits per heavy atom. The van der Waals surface area contributed by atoms with Gasteiger partial charge in [-0.15, -0.1) is 0 Å². The van der Waals surface area contributed by atoms with Gasteiger partial charge in [0.15, 0.2) is 0 Å². The summed E-state index contributed by atoms with van der Waals surface area (Å²) < 4.78 is 0. The minimum atomic E-state index is -2.33. The molecule has 0 aliphatic carbocycles. The summed E-state index contributed by atoms with van der Waals surface area (Å²) in [4.78, 5) is 16.7. The van der Waals surface area contributed by atoms with Crippen molar-refractivity contribution in [3.63, 3.8) is 0 Å². The maximum atomic E-state index is 8.33. The molecule has 0 saturated heterocycles. The quantitative estimate of drug-likeness (QED) is 0.371. The predicted molar refractivity (Wildman–Crippen MR) is 31.4 cm³/mol. The van der Waals surface area contributed by atoms with Crippen LogP contribution in [0.5, 0.6) is 0 Å². The van der Waals surface area contributed by atoms with Crippen LogP contribution in [0.2, 0.25) is 0 Å². The number of carbonyl (C=O) groups is 2. The van der Waals surface area contributed by atoms with Crippen molar-refractivity contribution < 1.29 is 95.5 Å². The van der Waals surface area contributed by atoms with Crippen LogP contribution in [-0.4, -0.2) is 131 Å². The van der Waals surface area contributed by atoms with Crippen molar-refractivity contribution in [3.05, 3.63) is 0 Å². The van der Waals surface area contributed by atoms with E-state index >= 15 is 0 Å². The first-order valence-corrected chi connectivity index (χ1v) is 1.22. The Bertz CT molecular complexity index is 86.8. The van der Waals surface area contributed by atoms with Crippen LogP contribution in [0.15, 0.2) is 0 Å². The second-order valence-corrected chi connectivity index (χ2v) is 0.500. The van der Waals surface area contributed by atoms with Crippen LogP contribution in [0.4, 0.5) is 9.59 Å². The molecule has 0 rings (SSSR count). The van der Waals surface area contributed by atoms with Crippen LogP contribution in [0.1, 0.15) is 0 Å². The van der Waals surface area contributed by atoms with Crippen molar-refractivity contribution in [1.29, 1.82) is 0 Å². The third-order valence-electron chi connectivity index (χ3n) is 0. The Morgan fingerprint density at radius 2 is 0.688 bits per heavy atom. The monoisotopic (exact) mass is 376 g/mol. The van der Waals surface area contributed by atoms with Gasteiger partial charge in [0.1, 0.15) is 0 Å². The second kappa shape index (κ2) is 62.0. The first-order valence-electron chi connectivity index (χ1n) is 1.22. The molecule has 9 nitrogen and oxygen atoms in total. The Hall–Kier alpha value is 3.82. The summed E-state index contributed by atoms with van der Waals surface area (Å²) in [7, 11) is 0. The Labute approximate surface area is 216 Å². The molecule has 0 radical (unpaired) electrons. The van der Waals surface area contributed by atoms with E-state index in [1.165, 1.54) is 0 Å². The van der Waals surface area contributed by atoms with E-state index in [4.69, 9.17) is 30.0 Å². The molecule has 0 spiro atoms. The molecule has 0 amide bonds. The number of rotatable bonds is 0. The van der Waals surface area contributed by atoms with E-state index in [0.29, 0.717) is 0 Å². The van der Waals surface area contributed by atoms with Crippen molar-refractivity contribution in [3.8, 4) is 0 Å². The predicted octanol–water partition coefficient (Wildman–Crippen LogP) is -9.45. The van der Waals surface area contributed by atoms with Gasteiger partial charge in [0.2, 0.25) is 0 Å². The summed E-state index contributed by atoms with van der Waals surface area (Å²) in [5, 5.41) is 33.3. The van der Waals surface area contributed by atoms with Gasteiger partial charge in [-0.1, -0.05) is 0 Å². The summed E-state index contributed by atoms with van der Waals surface area (Å²) in [6, 6.07) is 0. The number of hydrogen-bond donors (Lipinski definition) is 0. The average Bonchev–Trinajstić information content (AvgIpc) is 1.25. The fourth-order valence-corrected chi connectivity index (χ4v) is 0. The zero-order chi connectivity index (χ0) is 7.15. The van der Waals surface area contributed by atoms with Crippen LogP contribution in [-0.2, 0) is 30.4 Å². The molecule has 0 aliphatic rings. The topological polar surface area (TPSA) is 213 Å². The van der Waals surface area contributed by atoms with Gasteiger partial charge in [0.05, 0.1) is 0 Å². The molecule has 0 aromatic heterocycles. The fourth-order valence-electron chi connectivity index (χ4n) is 0. The molecular weight excluding hydrogens is 377 g/mol. The molecule has 14 heteroatoms. The summed E-state index contributed by atoms with van der Waals surface area (Å²) in [6.07, 6.45) is -4.67. The minimum Gasteiger partial charge on any atom is -2.00 e. The van der Waals surface area contributed by atoms with Crippen LogP contribution >= 0.6 is 0 Å². The van der Waals surface area contributed by atoms with Gasteiger partial charge in [-0.25, -0.2) is 0 Å². The van der Waals surface area contributed by atoms with Gasteiger partial charge in [-0.3, -0.25) is 0 Å². The molecular formula is C2HCa3NaO9Zn. The maximum Gasteiger partial charge on any atom is 2.00 e. The number of carbonyl (C=O) groups excluding carboxylic acids is 2. The molecule has 0 aliphatic heterocycles. The van der Waals surface area contributed by atoms with Gasteiger partial charge in [-0.2, -0.15) is 0 Å². The summed E-state index contributed by atoms with van der Waals surface area (Å²) in [5.41, 5.74) is 0. The first-order chi connectivity index (χ1) is 3.46. The molecule has 72 valence electrons.